The first-order valence-corrected chi connectivity index (χ1v) is 8.12. The van der Waals surface area contributed by atoms with E-state index in [1.165, 1.54) is 48.1 Å². The number of hydrogen-bond donors (Lipinski definition) is 1. The van der Waals surface area contributed by atoms with E-state index in [4.69, 9.17) is 0 Å². The molecule has 0 spiro atoms. The summed E-state index contributed by atoms with van der Waals surface area (Å²) in [4.78, 5) is 2.59. The molecule has 19 heavy (non-hydrogen) atoms. The largest absolute Gasteiger partial charge is 0.381 e. The molecule has 3 heteroatoms. The summed E-state index contributed by atoms with van der Waals surface area (Å²) in [5.74, 6) is 0. The molecule has 0 aliphatic carbocycles. The second-order valence-electron chi connectivity index (χ2n) is 5.89. The van der Waals surface area contributed by atoms with E-state index < -0.39 is 0 Å². The van der Waals surface area contributed by atoms with E-state index in [2.05, 4.69) is 65.1 Å². The van der Waals surface area contributed by atoms with Gasteiger partial charge in [-0.05, 0) is 80.2 Å². The lowest BCUT2D eigenvalue weighted by atomic mass is 10.1. The number of benzene rings is 1. The van der Waals surface area contributed by atoms with Gasteiger partial charge in [0.05, 0.1) is 0 Å². The fourth-order valence-electron chi connectivity index (χ4n) is 2.74. The first-order valence-electron chi connectivity index (χ1n) is 7.33. The van der Waals surface area contributed by atoms with Crippen molar-refractivity contribution >= 4 is 21.6 Å². The molecule has 1 atom stereocenters. The van der Waals surface area contributed by atoms with Crippen LogP contribution in [-0.2, 0) is 0 Å². The quantitative estimate of drug-likeness (QED) is 0.884. The van der Waals surface area contributed by atoms with E-state index in [0.29, 0.717) is 12.1 Å². The number of nitrogens with zero attached hydrogens (tertiary/aromatic N) is 1. The minimum atomic E-state index is 0.600. The zero-order chi connectivity index (χ0) is 13.8. The summed E-state index contributed by atoms with van der Waals surface area (Å²) in [7, 11) is 0. The van der Waals surface area contributed by atoms with Gasteiger partial charge in [0.2, 0.25) is 0 Å². The van der Waals surface area contributed by atoms with Crippen LogP contribution in [0.1, 0.15) is 38.7 Å². The normalized spacial score (nSPS) is 21.4. The fraction of sp³-hybridized carbons (Fsp3) is 0.625. The van der Waals surface area contributed by atoms with Crippen LogP contribution in [0.15, 0.2) is 22.7 Å². The Morgan fingerprint density at radius 2 is 2.05 bits per heavy atom. The highest BCUT2D eigenvalue weighted by molar-refractivity contribution is 9.10. The third kappa shape index (κ3) is 4.22. The van der Waals surface area contributed by atoms with E-state index in [9.17, 15) is 0 Å². The Hall–Kier alpha value is -0.540. The van der Waals surface area contributed by atoms with Gasteiger partial charge in [-0.1, -0.05) is 6.07 Å². The van der Waals surface area contributed by atoms with Crippen molar-refractivity contribution in [2.75, 3.05) is 18.4 Å². The summed E-state index contributed by atoms with van der Waals surface area (Å²) in [5, 5.41) is 3.70. The number of anilines is 1. The lowest BCUT2D eigenvalue weighted by molar-refractivity contribution is 0.230. The van der Waals surface area contributed by atoms with Gasteiger partial charge in [-0.15, -0.1) is 0 Å². The average molecular weight is 325 g/mol. The van der Waals surface area contributed by atoms with Crippen molar-refractivity contribution in [1.82, 2.24) is 4.90 Å². The molecule has 1 N–H and O–H groups in total. The lowest BCUT2D eigenvalue weighted by Crippen LogP contribution is -2.32. The molecule has 0 radical (unpaired) electrons. The minimum Gasteiger partial charge on any atom is -0.381 e. The van der Waals surface area contributed by atoms with E-state index in [1.807, 2.05) is 0 Å². The first-order chi connectivity index (χ1) is 9.06. The van der Waals surface area contributed by atoms with Crippen LogP contribution in [0.5, 0.6) is 0 Å². The number of rotatable bonds is 3. The van der Waals surface area contributed by atoms with Gasteiger partial charge in [0.25, 0.3) is 0 Å². The zero-order valence-corrected chi connectivity index (χ0v) is 13.8. The predicted octanol–water partition coefficient (Wildman–Crippen LogP) is 4.43. The van der Waals surface area contributed by atoms with Gasteiger partial charge in [-0.2, -0.15) is 0 Å². The molecule has 0 bridgehead atoms. The van der Waals surface area contributed by atoms with Crippen LogP contribution in [0.3, 0.4) is 0 Å². The van der Waals surface area contributed by atoms with Gasteiger partial charge in [-0.25, -0.2) is 0 Å². The maximum absolute atomic E-state index is 3.70. The van der Waals surface area contributed by atoms with E-state index in [-0.39, 0.29) is 0 Å². The topological polar surface area (TPSA) is 15.3 Å². The molecule has 0 saturated carbocycles. The summed E-state index contributed by atoms with van der Waals surface area (Å²) in [6.07, 6.45) is 3.79. The van der Waals surface area contributed by atoms with Crippen LogP contribution >= 0.6 is 15.9 Å². The number of likely N-dealkylation sites (tertiary alicyclic amines) is 1. The molecular formula is C16H25BrN2. The summed E-state index contributed by atoms with van der Waals surface area (Å²) in [6.45, 7) is 9.17. The Morgan fingerprint density at radius 3 is 2.74 bits per heavy atom. The maximum Gasteiger partial charge on any atom is 0.0486 e. The summed E-state index contributed by atoms with van der Waals surface area (Å²) in [5.41, 5.74) is 2.53. The average Bonchev–Trinajstić information content (AvgIpc) is 2.58. The third-order valence-electron chi connectivity index (χ3n) is 3.98. The molecule has 1 fully saturated rings. The lowest BCUT2D eigenvalue weighted by Gasteiger charge is -2.24. The molecule has 2 nitrogen and oxygen atoms in total. The molecule has 0 aromatic heterocycles. The van der Waals surface area contributed by atoms with Crippen molar-refractivity contribution in [2.24, 2.45) is 0 Å². The van der Waals surface area contributed by atoms with Gasteiger partial charge in [0.15, 0.2) is 0 Å². The highest BCUT2D eigenvalue weighted by Crippen LogP contribution is 2.26. The third-order valence-corrected chi connectivity index (χ3v) is 4.63. The van der Waals surface area contributed by atoms with Crippen molar-refractivity contribution in [1.29, 1.82) is 0 Å². The summed E-state index contributed by atoms with van der Waals surface area (Å²) in [6, 6.07) is 7.81. The van der Waals surface area contributed by atoms with Crippen LogP contribution in [0, 0.1) is 6.92 Å². The van der Waals surface area contributed by atoms with Gasteiger partial charge >= 0.3 is 0 Å². The van der Waals surface area contributed by atoms with Crippen LogP contribution in [0.2, 0.25) is 0 Å². The Morgan fingerprint density at radius 1 is 1.26 bits per heavy atom. The van der Waals surface area contributed by atoms with Crippen molar-refractivity contribution in [3.8, 4) is 0 Å². The standard InChI is InChI=1S/C16H25BrN2/c1-12(2)19-9-4-5-14(8-10-19)18-16-7-6-13(3)11-15(16)17/h6-7,11-12,14,18H,4-5,8-10H2,1-3H3. The van der Waals surface area contributed by atoms with Crippen LogP contribution < -0.4 is 5.32 Å². The fourth-order valence-corrected chi connectivity index (χ4v) is 3.34. The minimum absolute atomic E-state index is 0.600. The van der Waals surface area contributed by atoms with Crippen LogP contribution in [-0.4, -0.2) is 30.1 Å². The zero-order valence-electron chi connectivity index (χ0n) is 12.2. The van der Waals surface area contributed by atoms with E-state index >= 15 is 0 Å². The molecule has 1 unspecified atom stereocenters. The number of nitrogens with one attached hydrogen (secondary N) is 1. The molecule has 1 aromatic carbocycles. The van der Waals surface area contributed by atoms with E-state index in [1.54, 1.807) is 0 Å². The SMILES string of the molecule is Cc1ccc(NC2CCCN(C(C)C)CC2)c(Br)c1. The number of aryl methyl sites for hydroxylation is 1. The monoisotopic (exact) mass is 324 g/mol. The highest BCUT2D eigenvalue weighted by Gasteiger charge is 2.18. The molecule has 1 aromatic rings. The second-order valence-corrected chi connectivity index (χ2v) is 6.74. The Bertz CT molecular complexity index is 417. The molecule has 2 rings (SSSR count). The maximum atomic E-state index is 3.70. The second kappa shape index (κ2) is 6.76. The van der Waals surface area contributed by atoms with Gasteiger partial charge in [0.1, 0.15) is 0 Å². The van der Waals surface area contributed by atoms with E-state index in [0.717, 1.165) is 0 Å². The predicted molar refractivity (Wildman–Crippen MR) is 86.8 cm³/mol. The first kappa shape index (κ1) is 14.9. The Labute approximate surface area is 125 Å². The summed E-state index contributed by atoms with van der Waals surface area (Å²) < 4.78 is 1.18. The van der Waals surface area contributed by atoms with Crippen molar-refractivity contribution in [2.45, 2.75) is 52.1 Å². The van der Waals surface area contributed by atoms with Gasteiger partial charge in [-0.3, -0.25) is 0 Å². The van der Waals surface area contributed by atoms with Gasteiger partial charge in [0, 0.05) is 28.8 Å². The van der Waals surface area contributed by atoms with Crippen LogP contribution in [0.4, 0.5) is 5.69 Å². The molecule has 1 heterocycles. The van der Waals surface area contributed by atoms with Crippen LogP contribution in [0.25, 0.3) is 0 Å². The molecule has 0 amide bonds. The molecular weight excluding hydrogens is 300 g/mol. The Kier molecular flexibility index (Phi) is 5.28. The van der Waals surface area contributed by atoms with Crippen molar-refractivity contribution < 1.29 is 0 Å². The number of hydrogen-bond acceptors (Lipinski definition) is 2. The molecule has 106 valence electrons. The Balaban J connectivity index is 1.96. The van der Waals surface area contributed by atoms with Crippen molar-refractivity contribution in [3.05, 3.63) is 28.2 Å². The summed E-state index contributed by atoms with van der Waals surface area (Å²) >= 11 is 3.66. The molecule has 1 saturated heterocycles. The molecule has 1 aliphatic rings. The smallest absolute Gasteiger partial charge is 0.0486 e. The number of halogens is 1. The van der Waals surface area contributed by atoms with Gasteiger partial charge < -0.3 is 10.2 Å². The van der Waals surface area contributed by atoms with Crippen molar-refractivity contribution in [3.63, 3.8) is 0 Å². The highest BCUT2D eigenvalue weighted by atomic mass is 79.9. The molecule has 1 aliphatic heterocycles.